The highest BCUT2D eigenvalue weighted by atomic mass is 32.2. The van der Waals surface area contributed by atoms with Crippen molar-refractivity contribution < 1.29 is 17.6 Å². The highest BCUT2D eigenvalue weighted by Crippen LogP contribution is 2.23. The molecule has 1 N–H and O–H groups in total. The van der Waals surface area contributed by atoms with Crippen molar-refractivity contribution in [2.45, 2.75) is 10.9 Å². The average molecular weight is 390 g/mol. The van der Waals surface area contributed by atoms with Crippen LogP contribution in [0.5, 0.6) is 0 Å². The van der Waals surface area contributed by atoms with Gasteiger partial charge in [0.2, 0.25) is 21.1 Å². The van der Waals surface area contributed by atoms with Crippen molar-refractivity contribution in [2.24, 2.45) is 0 Å². The zero-order valence-electron chi connectivity index (χ0n) is 12.9. The molecule has 2 rings (SSSR count). The Morgan fingerprint density at radius 2 is 2.08 bits per heavy atom. The van der Waals surface area contributed by atoms with Crippen LogP contribution >= 0.6 is 23.1 Å². The summed E-state index contributed by atoms with van der Waals surface area (Å²) in [5.41, 5.74) is 0.191. The number of benzene rings is 1. The smallest absolute Gasteiger partial charge is 0.241 e. The molecule has 1 heterocycles. The summed E-state index contributed by atoms with van der Waals surface area (Å²) in [5, 5.41) is 10.4. The Kier molecular flexibility index (Phi) is 6.27. The summed E-state index contributed by atoms with van der Waals surface area (Å²) in [4.78, 5) is 12.1. The van der Waals surface area contributed by atoms with Crippen LogP contribution in [-0.2, 0) is 21.4 Å². The number of carbonyl (C=O) groups is 1. The molecule has 24 heavy (non-hydrogen) atoms. The minimum absolute atomic E-state index is 0.191. The Morgan fingerprint density at radius 3 is 2.67 bits per heavy atom. The van der Waals surface area contributed by atoms with E-state index in [1.54, 1.807) is 6.07 Å². The van der Waals surface area contributed by atoms with Gasteiger partial charge in [0.05, 0.1) is 12.8 Å². The van der Waals surface area contributed by atoms with Crippen LogP contribution in [0.3, 0.4) is 0 Å². The molecule has 130 valence electrons. The van der Waals surface area contributed by atoms with E-state index in [9.17, 15) is 17.6 Å². The topological polar surface area (TPSA) is 92.3 Å². The van der Waals surface area contributed by atoms with E-state index in [-0.39, 0.29) is 17.2 Å². The normalized spacial score (nSPS) is 11.7. The molecular formula is C13H15FN4O3S3. The highest BCUT2D eigenvalue weighted by Gasteiger charge is 2.22. The van der Waals surface area contributed by atoms with Crippen molar-refractivity contribution in [2.75, 3.05) is 24.4 Å². The number of nitrogens with one attached hydrogen (secondary N) is 1. The lowest BCUT2D eigenvalue weighted by molar-refractivity contribution is -0.116. The molecule has 0 saturated heterocycles. The molecule has 0 bridgehead atoms. The standard InChI is InChI=1S/C13H15FN4O3S3/c1-22-13-17-16-12(23-13)15-11(19)8-18(24(2,20)21)7-9-5-3-4-6-10(9)14/h3-6H,7-8H2,1-2H3,(H,15,16,19). The highest BCUT2D eigenvalue weighted by molar-refractivity contribution is 8.00. The molecule has 0 aliphatic carbocycles. The molecule has 0 aliphatic rings. The predicted octanol–water partition coefficient (Wildman–Crippen LogP) is 1.80. The zero-order valence-corrected chi connectivity index (χ0v) is 15.3. The number of rotatable bonds is 7. The summed E-state index contributed by atoms with van der Waals surface area (Å²) >= 11 is 2.57. The molecule has 11 heteroatoms. The van der Waals surface area contributed by atoms with E-state index in [0.717, 1.165) is 10.6 Å². The van der Waals surface area contributed by atoms with Crippen LogP contribution in [0.15, 0.2) is 28.6 Å². The number of halogens is 1. The minimum atomic E-state index is -3.70. The molecule has 0 saturated carbocycles. The van der Waals surface area contributed by atoms with Crippen LogP contribution in [-0.4, -0.2) is 47.9 Å². The van der Waals surface area contributed by atoms with E-state index < -0.39 is 28.3 Å². The SMILES string of the molecule is CSc1nnc(NC(=O)CN(Cc2ccccc2F)S(C)(=O)=O)s1. The number of hydrogen-bond donors (Lipinski definition) is 1. The maximum atomic E-state index is 13.7. The fraction of sp³-hybridized carbons (Fsp3) is 0.308. The van der Waals surface area contributed by atoms with Crippen LogP contribution in [0.2, 0.25) is 0 Å². The van der Waals surface area contributed by atoms with E-state index in [0.29, 0.717) is 4.34 Å². The second-order valence-corrected chi connectivity index (χ2v) is 8.76. The van der Waals surface area contributed by atoms with Crippen molar-refractivity contribution in [1.29, 1.82) is 0 Å². The van der Waals surface area contributed by atoms with Gasteiger partial charge in [0.15, 0.2) is 4.34 Å². The van der Waals surface area contributed by atoms with Crippen LogP contribution < -0.4 is 5.32 Å². The van der Waals surface area contributed by atoms with Crippen LogP contribution in [0.25, 0.3) is 0 Å². The van der Waals surface area contributed by atoms with Crippen molar-refractivity contribution in [1.82, 2.24) is 14.5 Å². The number of amides is 1. The first kappa shape index (κ1) is 18.8. The Bertz CT molecular complexity index is 825. The van der Waals surface area contributed by atoms with Gasteiger partial charge in [0.1, 0.15) is 5.82 Å². The molecule has 0 unspecified atom stereocenters. The maximum Gasteiger partial charge on any atom is 0.241 e. The fourth-order valence-electron chi connectivity index (χ4n) is 1.77. The second kappa shape index (κ2) is 8.01. The quantitative estimate of drug-likeness (QED) is 0.572. The van der Waals surface area contributed by atoms with E-state index in [4.69, 9.17) is 0 Å². The molecule has 0 fully saturated rings. The Morgan fingerprint density at radius 1 is 1.38 bits per heavy atom. The Balaban J connectivity index is 2.08. The molecule has 1 amide bonds. The molecule has 0 radical (unpaired) electrons. The molecule has 2 aromatic rings. The lowest BCUT2D eigenvalue weighted by Crippen LogP contribution is -2.37. The number of sulfonamides is 1. The predicted molar refractivity (Wildman–Crippen MR) is 92.0 cm³/mol. The molecule has 0 aliphatic heterocycles. The monoisotopic (exact) mass is 390 g/mol. The molecule has 1 aromatic carbocycles. The average Bonchev–Trinajstić information content (AvgIpc) is 2.95. The number of thioether (sulfide) groups is 1. The van der Waals surface area contributed by atoms with Crippen molar-refractivity contribution in [3.05, 3.63) is 35.6 Å². The molecular weight excluding hydrogens is 375 g/mol. The second-order valence-electron chi connectivity index (χ2n) is 4.75. The van der Waals surface area contributed by atoms with Gasteiger partial charge in [-0.15, -0.1) is 10.2 Å². The number of nitrogens with zero attached hydrogens (tertiary/aromatic N) is 3. The molecule has 1 aromatic heterocycles. The van der Waals surface area contributed by atoms with Gasteiger partial charge < -0.3 is 0 Å². The van der Waals surface area contributed by atoms with Crippen molar-refractivity contribution in [3.63, 3.8) is 0 Å². The van der Waals surface area contributed by atoms with Crippen molar-refractivity contribution >= 4 is 44.2 Å². The first-order valence-corrected chi connectivity index (χ1v) is 10.5. The van der Waals surface area contributed by atoms with E-state index in [2.05, 4.69) is 15.5 Å². The van der Waals surface area contributed by atoms with E-state index in [1.807, 2.05) is 6.26 Å². The zero-order chi connectivity index (χ0) is 17.7. The third kappa shape index (κ3) is 5.23. The van der Waals surface area contributed by atoms with Gasteiger partial charge in [-0.3, -0.25) is 10.1 Å². The molecule has 0 atom stereocenters. The van der Waals surface area contributed by atoms with Crippen LogP contribution in [0, 0.1) is 5.82 Å². The van der Waals surface area contributed by atoms with Gasteiger partial charge in [-0.25, -0.2) is 12.8 Å². The molecule has 0 spiro atoms. The number of carbonyl (C=O) groups excluding carboxylic acids is 1. The summed E-state index contributed by atoms with van der Waals surface area (Å²) < 4.78 is 39.1. The van der Waals surface area contributed by atoms with E-state index >= 15 is 0 Å². The summed E-state index contributed by atoms with van der Waals surface area (Å²) in [6.45, 7) is -0.674. The largest absolute Gasteiger partial charge is 0.299 e. The van der Waals surface area contributed by atoms with Gasteiger partial charge in [-0.2, -0.15) is 4.31 Å². The van der Waals surface area contributed by atoms with Crippen LogP contribution in [0.4, 0.5) is 9.52 Å². The number of hydrogen-bond acceptors (Lipinski definition) is 7. The maximum absolute atomic E-state index is 13.7. The third-order valence-corrected chi connectivity index (χ3v) is 5.93. The van der Waals surface area contributed by atoms with Gasteiger partial charge >= 0.3 is 0 Å². The number of aromatic nitrogens is 2. The summed E-state index contributed by atoms with van der Waals surface area (Å²) in [7, 11) is -3.70. The fourth-order valence-corrected chi connectivity index (χ4v) is 3.68. The minimum Gasteiger partial charge on any atom is -0.299 e. The molecule has 7 nitrogen and oxygen atoms in total. The lowest BCUT2D eigenvalue weighted by Gasteiger charge is -2.19. The Labute approximate surface area is 147 Å². The van der Waals surface area contributed by atoms with E-state index in [1.165, 1.54) is 41.3 Å². The lowest BCUT2D eigenvalue weighted by atomic mass is 10.2. The van der Waals surface area contributed by atoms with Crippen molar-refractivity contribution in [3.8, 4) is 0 Å². The van der Waals surface area contributed by atoms with Gasteiger partial charge in [-0.1, -0.05) is 41.3 Å². The van der Waals surface area contributed by atoms with Gasteiger partial charge in [0.25, 0.3) is 0 Å². The Hall–Kier alpha value is -1.56. The summed E-state index contributed by atoms with van der Waals surface area (Å²) in [5.74, 6) is -1.10. The van der Waals surface area contributed by atoms with Gasteiger partial charge in [0, 0.05) is 12.1 Å². The first-order chi connectivity index (χ1) is 11.3. The third-order valence-electron chi connectivity index (χ3n) is 2.92. The summed E-state index contributed by atoms with van der Waals surface area (Å²) in [6, 6.07) is 5.82. The van der Waals surface area contributed by atoms with Gasteiger partial charge in [-0.05, 0) is 12.3 Å². The first-order valence-electron chi connectivity index (χ1n) is 6.65. The number of anilines is 1. The van der Waals surface area contributed by atoms with Crippen LogP contribution in [0.1, 0.15) is 5.56 Å². The summed E-state index contributed by atoms with van der Waals surface area (Å²) in [6.07, 6.45) is 2.80.